The summed E-state index contributed by atoms with van der Waals surface area (Å²) in [7, 11) is 3.43. The fourth-order valence-corrected chi connectivity index (χ4v) is 2.74. The lowest BCUT2D eigenvalue weighted by molar-refractivity contribution is 0.195. The molecule has 0 saturated carbocycles. The van der Waals surface area contributed by atoms with Crippen LogP contribution in [0, 0.1) is 0 Å². The summed E-state index contributed by atoms with van der Waals surface area (Å²) in [6.07, 6.45) is 2.06. The molecule has 0 aliphatic carbocycles. The fourth-order valence-electron chi connectivity index (χ4n) is 2.57. The van der Waals surface area contributed by atoms with Crippen molar-refractivity contribution in [1.29, 1.82) is 0 Å². The van der Waals surface area contributed by atoms with Gasteiger partial charge in [0.15, 0.2) is 0 Å². The SMILES string of the molecule is CCC(CC)(CNCCOC)c1cc(Cl)ccc1OC. The van der Waals surface area contributed by atoms with Gasteiger partial charge in [-0.3, -0.25) is 0 Å². The van der Waals surface area contributed by atoms with Gasteiger partial charge in [-0.05, 0) is 31.0 Å². The molecule has 1 N–H and O–H groups in total. The van der Waals surface area contributed by atoms with Crippen LogP contribution in [0.3, 0.4) is 0 Å². The third-order valence-electron chi connectivity index (χ3n) is 4.03. The Morgan fingerprint density at radius 2 is 1.90 bits per heavy atom. The quantitative estimate of drug-likeness (QED) is 0.706. The van der Waals surface area contributed by atoms with Crippen molar-refractivity contribution < 1.29 is 9.47 Å². The topological polar surface area (TPSA) is 30.5 Å². The summed E-state index contributed by atoms with van der Waals surface area (Å²) < 4.78 is 10.6. The summed E-state index contributed by atoms with van der Waals surface area (Å²) in [5, 5.41) is 4.23. The Kier molecular flexibility index (Phi) is 7.35. The number of ether oxygens (including phenoxy) is 2. The maximum Gasteiger partial charge on any atom is 0.122 e. The molecule has 1 aromatic carbocycles. The van der Waals surface area contributed by atoms with Gasteiger partial charge < -0.3 is 14.8 Å². The minimum Gasteiger partial charge on any atom is -0.496 e. The maximum atomic E-state index is 6.18. The van der Waals surface area contributed by atoms with Crippen LogP contribution in [0.4, 0.5) is 0 Å². The van der Waals surface area contributed by atoms with Gasteiger partial charge in [0.1, 0.15) is 5.75 Å². The van der Waals surface area contributed by atoms with Crippen LogP contribution < -0.4 is 10.1 Å². The molecule has 114 valence electrons. The lowest BCUT2D eigenvalue weighted by Gasteiger charge is -2.34. The molecule has 4 heteroatoms. The zero-order valence-electron chi connectivity index (χ0n) is 13.0. The smallest absolute Gasteiger partial charge is 0.122 e. The summed E-state index contributed by atoms with van der Waals surface area (Å²) in [5.41, 5.74) is 1.21. The highest BCUT2D eigenvalue weighted by molar-refractivity contribution is 6.30. The molecule has 3 nitrogen and oxygen atoms in total. The molecule has 0 unspecified atom stereocenters. The van der Waals surface area contributed by atoms with Crippen molar-refractivity contribution in [1.82, 2.24) is 5.32 Å². The number of methoxy groups -OCH3 is 2. The number of benzene rings is 1. The minimum atomic E-state index is 0.0317. The third kappa shape index (κ3) is 4.11. The van der Waals surface area contributed by atoms with Crippen molar-refractivity contribution in [2.75, 3.05) is 33.9 Å². The van der Waals surface area contributed by atoms with Gasteiger partial charge in [-0.2, -0.15) is 0 Å². The summed E-state index contributed by atoms with van der Waals surface area (Å²) in [5.74, 6) is 0.909. The Hall–Kier alpha value is -0.770. The molecule has 1 aromatic rings. The molecule has 20 heavy (non-hydrogen) atoms. The van der Waals surface area contributed by atoms with Crippen LogP contribution in [-0.2, 0) is 10.2 Å². The summed E-state index contributed by atoms with van der Waals surface area (Å²) in [6, 6.07) is 5.86. The largest absolute Gasteiger partial charge is 0.496 e. The van der Waals surface area contributed by atoms with Crippen molar-refractivity contribution in [3.05, 3.63) is 28.8 Å². The van der Waals surface area contributed by atoms with E-state index in [1.54, 1.807) is 14.2 Å². The van der Waals surface area contributed by atoms with Crippen LogP contribution in [-0.4, -0.2) is 33.9 Å². The predicted molar refractivity (Wildman–Crippen MR) is 85.0 cm³/mol. The number of hydrogen-bond donors (Lipinski definition) is 1. The van der Waals surface area contributed by atoms with Gasteiger partial charge >= 0.3 is 0 Å². The first kappa shape index (κ1) is 17.3. The molecular formula is C16H26ClNO2. The van der Waals surface area contributed by atoms with Crippen molar-refractivity contribution in [3.8, 4) is 5.75 Å². The highest BCUT2D eigenvalue weighted by Crippen LogP contribution is 2.38. The number of rotatable bonds is 9. The normalized spacial score (nSPS) is 11.7. The zero-order chi connectivity index (χ0) is 15.0. The number of hydrogen-bond acceptors (Lipinski definition) is 3. The van der Waals surface area contributed by atoms with Crippen LogP contribution in [0.5, 0.6) is 5.75 Å². The van der Waals surface area contributed by atoms with Crippen molar-refractivity contribution in [3.63, 3.8) is 0 Å². The molecule has 0 aliphatic rings. The maximum absolute atomic E-state index is 6.18. The molecule has 0 bridgehead atoms. The van der Waals surface area contributed by atoms with E-state index in [-0.39, 0.29) is 5.41 Å². The van der Waals surface area contributed by atoms with E-state index in [2.05, 4.69) is 19.2 Å². The molecule has 0 aliphatic heterocycles. The average molecular weight is 300 g/mol. The van der Waals surface area contributed by atoms with E-state index < -0.39 is 0 Å². The van der Waals surface area contributed by atoms with Crippen LogP contribution >= 0.6 is 11.6 Å². The molecule has 1 rings (SSSR count). The summed E-state index contributed by atoms with van der Waals surface area (Å²) >= 11 is 6.18. The zero-order valence-corrected chi connectivity index (χ0v) is 13.7. The second-order valence-corrected chi connectivity index (χ2v) is 5.44. The summed E-state index contributed by atoms with van der Waals surface area (Å²) in [4.78, 5) is 0. The monoisotopic (exact) mass is 299 g/mol. The molecule has 0 heterocycles. The molecule has 0 fully saturated rings. The van der Waals surface area contributed by atoms with E-state index in [0.717, 1.165) is 43.3 Å². The highest BCUT2D eigenvalue weighted by Gasteiger charge is 2.31. The fraction of sp³-hybridized carbons (Fsp3) is 0.625. The van der Waals surface area contributed by atoms with Crippen molar-refractivity contribution >= 4 is 11.6 Å². The molecule has 0 amide bonds. The Labute approximate surface area is 127 Å². The van der Waals surface area contributed by atoms with Crippen LogP contribution in [0.15, 0.2) is 18.2 Å². The highest BCUT2D eigenvalue weighted by atomic mass is 35.5. The summed E-state index contributed by atoms with van der Waals surface area (Å²) in [6.45, 7) is 6.88. The average Bonchev–Trinajstić information content (AvgIpc) is 2.48. The van der Waals surface area contributed by atoms with Gasteiger partial charge in [0.25, 0.3) is 0 Å². The predicted octanol–water partition coefficient (Wildman–Crippen LogP) is 3.64. The van der Waals surface area contributed by atoms with Crippen LogP contribution in [0.2, 0.25) is 5.02 Å². The lowest BCUT2D eigenvalue weighted by atomic mass is 9.75. The third-order valence-corrected chi connectivity index (χ3v) is 4.27. The molecule has 0 radical (unpaired) electrons. The van der Waals surface area contributed by atoms with E-state index in [1.807, 2.05) is 18.2 Å². The molecule has 0 atom stereocenters. The van der Waals surface area contributed by atoms with E-state index in [0.29, 0.717) is 0 Å². The van der Waals surface area contributed by atoms with E-state index >= 15 is 0 Å². The van der Waals surface area contributed by atoms with Crippen molar-refractivity contribution in [2.45, 2.75) is 32.1 Å². The Morgan fingerprint density at radius 1 is 1.20 bits per heavy atom. The van der Waals surface area contributed by atoms with Gasteiger partial charge in [-0.1, -0.05) is 25.4 Å². The van der Waals surface area contributed by atoms with Gasteiger partial charge in [-0.15, -0.1) is 0 Å². The second kappa shape index (κ2) is 8.50. The Morgan fingerprint density at radius 3 is 2.45 bits per heavy atom. The van der Waals surface area contributed by atoms with Crippen molar-refractivity contribution in [2.24, 2.45) is 0 Å². The first-order valence-electron chi connectivity index (χ1n) is 7.17. The number of halogens is 1. The molecule has 0 saturated heterocycles. The molecular weight excluding hydrogens is 274 g/mol. The van der Waals surface area contributed by atoms with Crippen LogP contribution in [0.25, 0.3) is 0 Å². The van der Waals surface area contributed by atoms with Gasteiger partial charge in [0, 0.05) is 36.2 Å². The van der Waals surface area contributed by atoms with E-state index in [4.69, 9.17) is 21.1 Å². The standard InChI is InChI=1S/C16H26ClNO2/c1-5-16(6-2,12-18-9-10-19-3)14-11-13(17)7-8-15(14)20-4/h7-8,11,18H,5-6,9-10,12H2,1-4H3. The number of nitrogens with one attached hydrogen (secondary N) is 1. The van der Waals surface area contributed by atoms with E-state index in [9.17, 15) is 0 Å². The first-order valence-corrected chi connectivity index (χ1v) is 7.55. The van der Waals surface area contributed by atoms with E-state index in [1.165, 1.54) is 5.56 Å². The van der Waals surface area contributed by atoms with Gasteiger partial charge in [0.2, 0.25) is 0 Å². The van der Waals surface area contributed by atoms with Crippen LogP contribution in [0.1, 0.15) is 32.3 Å². The lowest BCUT2D eigenvalue weighted by Crippen LogP contribution is -2.38. The minimum absolute atomic E-state index is 0.0317. The second-order valence-electron chi connectivity index (χ2n) is 5.00. The Balaban J connectivity index is 3.01. The Bertz CT molecular complexity index is 405. The molecule has 0 aromatic heterocycles. The van der Waals surface area contributed by atoms with Gasteiger partial charge in [-0.25, -0.2) is 0 Å². The van der Waals surface area contributed by atoms with Gasteiger partial charge in [0.05, 0.1) is 13.7 Å². The molecule has 0 spiro atoms. The first-order chi connectivity index (χ1) is 9.63.